The highest BCUT2D eigenvalue weighted by Crippen LogP contribution is 2.30. The van der Waals surface area contributed by atoms with Gasteiger partial charge in [0.1, 0.15) is 9.96 Å². The van der Waals surface area contributed by atoms with Crippen molar-refractivity contribution in [2.75, 3.05) is 38.1 Å². The molecule has 3 aromatic rings. The molecule has 1 aliphatic heterocycles. The van der Waals surface area contributed by atoms with E-state index in [0.717, 1.165) is 17.8 Å². The van der Waals surface area contributed by atoms with Gasteiger partial charge in [-0.1, -0.05) is 24.6 Å². The molecule has 0 saturated heterocycles. The number of hydrogen-bond donors (Lipinski definition) is 2. The first-order valence-corrected chi connectivity index (χ1v) is 19.5. The molecular weight excluding hydrogens is 686 g/mol. The number of fused-ring (bicyclic) bond motifs is 1. The highest BCUT2D eigenvalue weighted by atomic mass is 35.5. The van der Waals surface area contributed by atoms with Crippen molar-refractivity contribution in [2.24, 2.45) is 5.92 Å². The predicted octanol–water partition coefficient (Wildman–Crippen LogP) is 5.32. The van der Waals surface area contributed by atoms with E-state index in [1.165, 1.54) is 52.7 Å². The molecule has 258 valence electrons. The number of rotatable bonds is 9. The van der Waals surface area contributed by atoms with Crippen LogP contribution in [0.3, 0.4) is 0 Å². The fourth-order valence-electron chi connectivity index (χ4n) is 5.21. The van der Waals surface area contributed by atoms with E-state index in [0.29, 0.717) is 30.2 Å². The van der Waals surface area contributed by atoms with Crippen LogP contribution in [-0.2, 0) is 24.8 Å². The van der Waals surface area contributed by atoms with Crippen LogP contribution in [0.4, 0.5) is 5.69 Å². The van der Waals surface area contributed by atoms with E-state index in [9.17, 15) is 26.7 Å². The number of anilines is 1. The molecule has 0 radical (unpaired) electrons. The molecule has 1 aliphatic rings. The van der Waals surface area contributed by atoms with Crippen molar-refractivity contribution in [1.29, 1.82) is 0 Å². The number of aliphatic hydroxyl groups excluding tert-OH is 1. The molecule has 2 aromatic carbocycles. The number of ether oxygens (including phenoxy) is 2. The van der Waals surface area contributed by atoms with Gasteiger partial charge in [0.25, 0.3) is 15.9 Å². The number of sulfonamides is 2. The summed E-state index contributed by atoms with van der Waals surface area (Å²) in [6.45, 7) is 5.63. The molecule has 4 atom stereocenters. The van der Waals surface area contributed by atoms with Gasteiger partial charge in [0.2, 0.25) is 10.0 Å². The molecule has 0 unspecified atom stereocenters. The molecule has 0 aliphatic carbocycles. The Labute approximate surface area is 286 Å². The van der Waals surface area contributed by atoms with Crippen LogP contribution in [0.5, 0.6) is 5.75 Å². The summed E-state index contributed by atoms with van der Waals surface area (Å²) in [5.41, 5.74) is 0.315. The lowest BCUT2D eigenvalue weighted by Crippen LogP contribution is -2.48. The van der Waals surface area contributed by atoms with Gasteiger partial charge in [-0.3, -0.25) is 9.52 Å². The maximum Gasteiger partial charge on any atom is 0.271 e. The molecule has 1 amide bonds. The van der Waals surface area contributed by atoms with Crippen molar-refractivity contribution in [3.8, 4) is 5.75 Å². The van der Waals surface area contributed by atoms with Crippen molar-refractivity contribution in [2.45, 2.75) is 67.4 Å². The second kappa shape index (κ2) is 16.1. The molecule has 2 heterocycles. The number of benzene rings is 2. The lowest BCUT2D eigenvalue weighted by Gasteiger charge is -2.35. The van der Waals surface area contributed by atoms with E-state index >= 15 is 0 Å². The summed E-state index contributed by atoms with van der Waals surface area (Å²) in [4.78, 5) is 15.9. The Bertz CT molecular complexity index is 1700. The first kappa shape index (κ1) is 37.1. The van der Waals surface area contributed by atoms with Gasteiger partial charge in [-0.05, 0) is 87.0 Å². The predicted molar refractivity (Wildman–Crippen MR) is 183 cm³/mol. The van der Waals surface area contributed by atoms with Gasteiger partial charge < -0.3 is 19.5 Å². The number of carbonyl (C=O) groups excluding carboxylic acids is 1. The summed E-state index contributed by atoms with van der Waals surface area (Å²) in [5.74, 6) is -0.554. The molecule has 11 nitrogen and oxygen atoms in total. The third-order valence-corrected chi connectivity index (χ3v) is 12.9. The molecule has 1 aromatic heterocycles. The van der Waals surface area contributed by atoms with E-state index < -0.39 is 38.1 Å². The maximum absolute atomic E-state index is 14.3. The second-order valence-electron chi connectivity index (χ2n) is 11.8. The standard InChI is InChI=1S/C32H42ClN3O8S3/c1-22-19-36(23(2)21-37)32(38)28-18-26(34-46(39,40)31-9-7-17-45-31)12-15-29(28)44-24(3)8-5-6-16-43-30(22)20-35(4)47(41,42)27-13-10-25(33)11-14-27/h7,9-15,17-18,22-24,30,34,37H,5-6,8,16,19-21H2,1-4H3/t22-,23-,24-,30-/m1/s1. The first-order valence-electron chi connectivity index (χ1n) is 15.3. The van der Waals surface area contributed by atoms with Crippen molar-refractivity contribution < 1.29 is 36.2 Å². The number of amides is 1. The van der Waals surface area contributed by atoms with Crippen LogP contribution < -0.4 is 9.46 Å². The van der Waals surface area contributed by atoms with Crippen LogP contribution in [0.15, 0.2) is 69.1 Å². The molecule has 0 bridgehead atoms. The lowest BCUT2D eigenvalue weighted by molar-refractivity contribution is -0.00833. The monoisotopic (exact) mass is 727 g/mol. The number of nitrogens with one attached hydrogen (secondary N) is 1. The summed E-state index contributed by atoms with van der Waals surface area (Å²) < 4.78 is 69.2. The molecule has 47 heavy (non-hydrogen) atoms. The highest BCUT2D eigenvalue weighted by Gasteiger charge is 2.32. The van der Waals surface area contributed by atoms with E-state index in [1.807, 2.05) is 13.8 Å². The van der Waals surface area contributed by atoms with Gasteiger partial charge in [0.15, 0.2) is 0 Å². The minimum atomic E-state index is -3.88. The quantitative estimate of drug-likeness (QED) is 0.302. The molecule has 0 fully saturated rings. The Morgan fingerprint density at radius 3 is 2.49 bits per heavy atom. The topological polar surface area (TPSA) is 143 Å². The van der Waals surface area contributed by atoms with Gasteiger partial charge >= 0.3 is 0 Å². The molecule has 15 heteroatoms. The molecule has 4 rings (SSSR count). The van der Waals surface area contributed by atoms with Gasteiger partial charge in [-0.15, -0.1) is 11.3 Å². The zero-order valence-electron chi connectivity index (χ0n) is 26.8. The Morgan fingerprint density at radius 1 is 1.11 bits per heavy atom. The third kappa shape index (κ3) is 9.46. The Hall–Kier alpha value is -2.72. The van der Waals surface area contributed by atoms with Crippen LogP contribution in [0, 0.1) is 5.92 Å². The number of hydrogen-bond acceptors (Lipinski definition) is 9. The maximum atomic E-state index is 14.3. The van der Waals surface area contributed by atoms with Crippen LogP contribution in [0.1, 0.15) is 50.4 Å². The molecular formula is C32H42ClN3O8S3. The van der Waals surface area contributed by atoms with Crippen LogP contribution >= 0.6 is 22.9 Å². The van der Waals surface area contributed by atoms with Crippen LogP contribution in [0.2, 0.25) is 5.02 Å². The summed E-state index contributed by atoms with van der Waals surface area (Å²) >= 11 is 7.04. The van der Waals surface area contributed by atoms with Gasteiger partial charge in [0, 0.05) is 43.4 Å². The van der Waals surface area contributed by atoms with Gasteiger partial charge in [0.05, 0.1) is 35.3 Å². The van der Waals surface area contributed by atoms with Crippen LogP contribution in [-0.4, -0.2) is 88.7 Å². The Balaban J connectivity index is 1.67. The van der Waals surface area contributed by atoms with E-state index in [1.54, 1.807) is 30.5 Å². The molecule has 0 saturated carbocycles. The number of halogens is 1. The average Bonchev–Trinajstić information content (AvgIpc) is 3.59. The van der Waals surface area contributed by atoms with Gasteiger partial charge in [-0.2, -0.15) is 4.31 Å². The number of likely N-dealkylation sites (N-methyl/N-ethyl adjacent to an activating group) is 1. The number of aliphatic hydroxyl groups is 1. The van der Waals surface area contributed by atoms with Crippen molar-refractivity contribution >= 4 is 54.6 Å². The molecule has 2 N–H and O–H groups in total. The highest BCUT2D eigenvalue weighted by molar-refractivity contribution is 7.94. The fraction of sp³-hybridized carbons (Fsp3) is 0.469. The second-order valence-corrected chi connectivity index (χ2v) is 17.1. The summed E-state index contributed by atoms with van der Waals surface area (Å²) in [5, 5.41) is 12.3. The minimum absolute atomic E-state index is 0.0202. The van der Waals surface area contributed by atoms with Crippen molar-refractivity contribution in [3.63, 3.8) is 0 Å². The zero-order valence-corrected chi connectivity index (χ0v) is 30.0. The summed E-state index contributed by atoms with van der Waals surface area (Å²) in [7, 11) is -6.27. The summed E-state index contributed by atoms with van der Waals surface area (Å²) in [6, 6.07) is 13.0. The lowest BCUT2D eigenvalue weighted by atomic mass is 10.0. The van der Waals surface area contributed by atoms with Crippen molar-refractivity contribution in [3.05, 3.63) is 70.6 Å². The van der Waals surface area contributed by atoms with Crippen molar-refractivity contribution in [1.82, 2.24) is 9.21 Å². The summed E-state index contributed by atoms with van der Waals surface area (Å²) in [6.07, 6.45) is 1.26. The third-order valence-electron chi connectivity index (χ3n) is 8.02. The Morgan fingerprint density at radius 2 is 1.83 bits per heavy atom. The number of nitrogens with zero attached hydrogens (tertiary/aromatic N) is 2. The van der Waals surface area contributed by atoms with E-state index in [2.05, 4.69) is 4.72 Å². The fourth-order valence-corrected chi connectivity index (χ4v) is 8.56. The van der Waals surface area contributed by atoms with Crippen LogP contribution in [0.25, 0.3) is 0 Å². The molecule has 0 spiro atoms. The smallest absolute Gasteiger partial charge is 0.271 e. The number of thiophene rings is 1. The SMILES string of the molecule is C[C@@H]1CCCCO[C@H](CN(C)S(=O)(=O)c2ccc(Cl)cc2)[C@H](C)CN([C@H](C)CO)C(=O)c2cc(NS(=O)(=O)c3cccs3)ccc2O1. The normalized spacial score (nSPS) is 21.0. The van der Waals surface area contributed by atoms with E-state index in [4.69, 9.17) is 21.1 Å². The minimum Gasteiger partial charge on any atom is -0.490 e. The average molecular weight is 728 g/mol. The van der Waals surface area contributed by atoms with E-state index in [-0.39, 0.29) is 52.1 Å². The largest absolute Gasteiger partial charge is 0.490 e. The van der Waals surface area contributed by atoms with Gasteiger partial charge in [-0.25, -0.2) is 16.8 Å². The zero-order chi connectivity index (χ0) is 34.4. The Kier molecular flexibility index (Phi) is 12.7. The number of carbonyl (C=O) groups is 1. The first-order chi connectivity index (χ1) is 22.2.